The van der Waals surface area contributed by atoms with Gasteiger partial charge in [0.15, 0.2) is 11.5 Å². The number of aromatic nitrogens is 2. The Morgan fingerprint density at radius 2 is 2.37 bits per heavy atom. The number of fused-ring (bicyclic) bond motifs is 1. The standard InChI is InChI=1S/C14H15N3O2/c1-3-8-16(9-4-2)13-12(14(18)19)17-10-6-5-7-11(17)15-13/h1,5-7,10H,4,8-9H2,2H3,(H,18,19). The van der Waals surface area contributed by atoms with Crippen molar-refractivity contribution in [2.24, 2.45) is 0 Å². The molecule has 0 saturated carbocycles. The number of hydrogen-bond donors (Lipinski definition) is 1. The Morgan fingerprint density at radius 1 is 1.58 bits per heavy atom. The highest BCUT2D eigenvalue weighted by atomic mass is 16.4. The number of anilines is 1. The van der Waals surface area contributed by atoms with Gasteiger partial charge in [-0.1, -0.05) is 18.9 Å². The van der Waals surface area contributed by atoms with E-state index in [1.165, 1.54) is 0 Å². The monoisotopic (exact) mass is 257 g/mol. The molecule has 2 heterocycles. The lowest BCUT2D eigenvalue weighted by molar-refractivity contribution is 0.0690. The predicted octanol–water partition coefficient (Wildman–Crippen LogP) is 1.88. The maximum atomic E-state index is 11.5. The van der Waals surface area contributed by atoms with Gasteiger partial charge in [0, 0.05) is 12.7 Å². The van der Waals surface area contributed by atoms with E-state index < -0.39 is 5.97 Å². The smallest absolute Gasteiger partial charge is 0.356 e. The molecular formula is C14H15N3O2. The lowest BCUT2D eigenvalue weighted by Gasteiger charge is -2.19. The third kappa shape index (κ3) is 2.38. The number of pyridine rings is 1. The van der Waals surface area contributed by atoms with Crippen LogP contribution in [0.25, 0.3) is 5.65 Å². The van der Waals surface area contributed by atoms with Crippen molar-refractivity contribution in [3.8, 4) is 12.3 Å². The Hall–Kier alpha value is -2.48. The van der Waals surface area contributed by atoms with Crippen molar-refractivity contribution >= 4 is 17.4 Å². The second-order valence-corrected chi connectivity index (χ2v) is 4.14. The summed E-state index contributed by atoms with van der Waals surface area (Å²) in [5.74, 6) is 1.97. The van der Waals surface area contributed by atoms with Gasteiger partial charge in [-0.15, -0.1) is 6.42 Å². The van der Waals surface area contributed by atoms with E-state index in [2.05, 4.69) is 10.9 Å². The van der Waals surface area contributed by atoms with Crippen LogP contribution >= 0.6 is 0 Å². The summed E-state index contributed by atoms with van der Waals surface area (Å²) in [6.07, 6.45) is 7.90. The van der Waals surface area contributed by atoms with Crippen molar-refractivity contribution in [1.29, 1.82) is 0 Å². The maximum absolute atomic E-state index is 11.5. The van der Waals surface area contributed by atoms with Crippen molar-refractivity contribution in [2.45, 2.75) is 13.3 Å². The minimum atomic E-state index is -1.01. The number of aromatic carboxylic acids is 1. The number of hydrogen-bond acceptors (Lipinski definition) is 3. The molecule has 0 radical (unpaired) electrons. The van der Waals surface area contributed by atoms with E-state index in [1.54, 1.807) is 22.7 Å². The molecule has 0 aromatic carbocycles. The van der Waals surface area contributed by atoms with Crippen LogP contribution in [-0.4, -0.2) is 33.6 Å². The van der Waals surface area contributed by atoms with E-state index in [9.17, 15) is 9.90 Å². The van der Waals surface area contributed by atoms with Crippen LogP contribution in [0.5, 0.6) is 0 Å². The topological polar surface area (TPSA) is 57.8 Å². The molecule has 5 nitrogen and oxygen atoms in total. The Morgan fingerprint density at radius 3 is 3.00 bits per heavy atom. The van der Waals surface area contributed by atoms with E-state index in [-0.39, 0.29) is 5.69 Å². The average molecular weight is 257 g/mol. The Kier molecular flexibility index (Phi) is 3.71. The SMILES string of the molecule is C#CCN(CCC)c1nc2ccccn2c1C(=O)O. The first-order valence-electron chi connectivity index (χ1n) is 6.07. The summed E-state index contributed by atoms with van der Waals surface area (Å²) in [5.41, 5.74) is 0.757. The summed E-state index contributed by atoms with van der Waals surface area (Å²) in [5, 5.41) is 9.40. The zero-order valence-corrected chi connectivity index (χ0v) is 10.7. The van der Waals surface area contributed by atoms with Gasteiger partial charge in [0.05, 0.1) is 6.54 Å². The molecule has 2 aromatic heterocycles. The predicted molar refractivity (Wildman–Crippen MR) is 73.5 cm³/mol. The fourth-order valence-corrected chi connectivity index (χ4v) is 2.04. The van der Waals surface area contributed by atoms with Crippen molar-refractivity contribution in [3.63, 3.8) is 0 Å². The summed E-state index contributed by atoms with van der Waals surface area (Å²) in [4.78, 5) is 17.7. The molecule has 0 fully saturated rings. The summed E-state index contributed by atoms with van der Waals surface area (Å²) < 4.78 is 1.57. The molecule has 2 aromatic rings. The van der Waals surface area contributed by atoms with Crippen LogP contribution in [0.4, 0.5) is 5.82 Å². The van der Waals surface area contributed by atoms with Gasteiger partial charge in [-0.2, -0.15) is 0 Å². The van der Waals surface area contributed by atoms with Crippen molar-refractivity contribution in [3.05, 3.63) is 30.1 Å². The van der Waals surface area contributed by atoms with E-state index in [4.69, 9.17) is 6.42 Å². The number of carboxylic acid groups (broad SMARTS) is 1. The largest absolute Gasteiger partial charge is 0.476 e. The molecule has 0 unspecified atom stereocenters. The lowest BCUT2D eigenvalue weighted by atomic mass is 10.3. The maximum Gasteiger partial charge on any atom is 0.356 e. The van der Waals surface area contributed by atoms with Crippen molar-refractivity contribution in [2.75, 3.05) is 18.0 Å². The zero-order chi connectivity index (χ0) is 13.8. The van der Waals surface area contributed by atoms with E-state index in [0.29, 0.717) is 24.6 Å². The van der Waals surface area contributed by atoms with Gasteiger partial charge in [-0.05, 0) is 18.6 Å². The molecule has 0 amide bonds. The number of rotatable bonds is 5. The first-order chi connectivity index (χ1) is 9.19. The minimum absolute atomic E-state index is 0.152. The molecule has 0 saturated heterocycles. The molecule has 2 rings (SSSR count). The zero-order valence-electron chi connectivity index (χ0n) is 10.7. The van der Waals surface area contributed by atoms with Crippen LogP contribution in [0, 0.1) is 12.3 Å². The second-order valence-electron chi connectivity index (χ2n) is 4.14. The molecule has 1 N–H and O–H groups in total. The third-order valence-electron chi connectivity index (χ3n) is 2.79. The van der Waals surface area contributed by atoms with E-state index in [0.717, 1.165) is 6.42 Å². The molecule has 5 heteroatoms. The number of nitrogens with zero attached hydrogens (tertiary/aromatic N) is 3. The van der Waals surface area contributed by atoms with Gasteiger partial charge in [-0.3, -0.25) is 4.40 Å². The summed E-state index contributed by atoms with van der Waals surface area (Å²) in [6.45, 7) is 3.03. The van der Waals surface area contributed by atoms with Crippen LogP contribution in [-0.2, 0) is 0 Å². The molecule has 98 valence electrons. The van der Waals surface area contributed by atoms with E-state index in [1.807, 2.05) is 17.9 Å². The highest BCUT2D eigenvalue weighted by Crippen LogP contribution is 2.21. The lowest BCUT2D eigenvalue weighted by Crippen LogP contribution is -2.26. The summed E-state index contributed by atoms with van der Waals surface area (Å²) >= 11 is 0. The first-order valence-corrected chi connectivity index (χ1v) is 6.07. The number of carboxylic acids is 1. The molecule has 19 heavy (non-hydrogen) atoms. The normalized spacial score (nSPS) is 10.3. The average Bonchev–Trinajstić information content (AvgIpc) is 2.77. The fraction of sp³-hybridized carbons (Fsp3) is 0.286. The quantitative estimate of drug-likeness (QED) is 0.831. The first kappa shape index (κ1) is 13.0. The Bertz CT molecular complexity index is 640. The van der Waals surface area contributed by atoms with E-state index >= 15 is 0 Å². The van der Waals surface area contributed by atoms with Crippen LogP contribution in [0.15, 0.2) is 24.4 Å². The Labute approximate surface area is 111 Å². The van der Waals surface area contributed by atoms with Crippen LogP contribution in [0.3, 0.4) is 0 Å². The van der Waals surface area contributed by atoms with Crippen LogP contribution < -0.4 is 4.90 Å². The summed E-state index contributed by atoms with van der Waals surface area (Å²) in [6, 6.07) is 5.37. The molecule has 0 atom stereocenters. The molecule has 0 aliphatic heterocycles. The van der Waals surface area contributed by atoms with Crippen LogP contribution in [0.2, 0.25) is 0 Å². The van der Waals surface area contributed by atoms with Crippen molar-refractivity contribution in [1.82, 2.24) is 9.38 Å². The second kappa shape index (κ2) is 5.44. The Balaban J connectivity index is 2.61. The number of terminal acetylenes is 1. The molecule has 0 aliphatic carbocycles. The number of carbonyl (C=O) groups is 1. The molecular weight excluding hydrogens is 242 g/mol. The molecule has 0 bridgehead atoms. The van der Waals surface area contributed by atoms with Crippen molar-refractivity contribution < 1.29 is 9.90 Å². The fourth-order valence-electron chi connectivity index (χ4n) is 2.04. The highest BCUT2D eigenvalue weighted by molar-refractivity contribution is 5.93. The van der Waals surface area contributed by atoms with Gasteiger partial charge in [-0.25, -0.2) is 9.78 Å². The summed E-state index contributed by atoms with van der Waals surface area (Å²) in [7, 11) is 0. The number of imidazole rings is 1. The highest BCUT2D eigenvalue weighted by Gasteiger charge is 2.22. The molecule has 0 spiro atoms. The third-order valence-corrected chi connectivity index (χ3v) is 2.79. The van der Waals surface area contributed by atoms with Gasteiger partial charge < -0.3 is 10.0 Å². The minimum Gasteiger partial charge on any atom is -0.476 e. The van der Waals surface area contributed by atoms with Crippen LogP contribution in [0.1, 0.15) is 23.8 Å². The van der Waals surface area contributed by atoms with Gasteiger partial charge in [0.1, 0.15) is 5.65 Å². The van der Waals surface area contributed by atoms with Gasteiger partial charge >= 0.3 is 5.97 Å². The molecule has 0 aliphatic rings. The van der Waals surface area contributed by atoms with Gasteiger partial charge in [0.25, 0.3) is 0 Å². The van der Waals surface area contributed by atoms with Gasteiger partial charge in [0.2, 0.25) is 0 Å².